The van der Waals surface area contributed by atoms with Crippen molar-refractivity contribution >= 4 is 12.0 Å². The van der Waals surface area contributed by atoms with Gasteiger partial charge in [0.05, 0.1) is 11.5 Å². The Morgan fingerprint density at radius 2 is 1.91 bits per heavy atom. The van der Waals surface area contributed by atoms with Crippen molar-refractivity contribution in [2.24, 2.45) is 5.92 Å². The van der Waals surface area contributed by atoms with E-state index in [0.717, 1.165) is 11.0 Å². The Labute approximate surface area is 125 Å². The number of rotatable bonds is 5. The van der Waals surface area contributed by atoms with Crippen molar-refractivity contribution in [3.05, 3.63) is 35.4 Å². The lowest BCUT2D eigenvalue weighted by molar-refractivity contribution is -0.141. The third kappa shape index (κ3) is 4.94. The molecule has 0 saturated heterocycles. The number of alkyl halides is 3. The minimum Gasteiger partial charge on any atom is -0.481 e. The monoisotopic (exact) mass is 318 g/mol. The van der Waals surface area contributed by atoms with Gasteiger partial charge in [0, 0.05) is 20.1 Å². The molecule has 1 aromatic carbocycles. The zero-order valence-electron chi connectivity index (χ0n) is 12.1. The van der Waals surface area contributed by atoms with E-state index in [1.807, 2.05) is 0 Å². The summed E-state index contributed by atoms with van der Waals surface area (Å²) in [6, 6.07) is 4.31. The van der Waals surface area contributed by atoms with Gasteiger partial charge in [0.2, 0.25) is 0 Å². The van der Waals surface area contributed by atoms with E-state index in [1.165, 1.54) is 32.2 Å². The molecule has 1 unspecified atom stereocenters. The lowest BCUT2D eigenvalue weighted by atomic mass is 10.1. The molecule has 8 heteroatoms. The van der Waals surface area contributed by atoms with Crippen LogP contribution in [0.15, 0.2) is 24.3 Å². The van der Waals surface area contributed by atoms with Crippen molar-refractivity contribution in [1.29, 1.82) is 0 Å². The first kappa shape index (κ1) is 17.8. The molecule has 22 heavy (non-hydrogen) atoms. The number of carbonyl (C=O) groups is 2. The Morgan fingerprint density at radius 1 is 1.32 bits per heavy atom. The number of halogens is 3. The van der Waals surface area contributed by atoms with Crippen LogP contribution in [0.3, 0.4) is 0 Å². The molecule has 0 heterocycles. The molecule has 0 aliphatic rings. The molecule has 5 nitrogen and oxygen atoms in total. The second-order valence-electron chi connectivity index (χ2n) is 4.93. The van der Waals surface area contributed by atoms with Gasteiger partial charge in [0.1, 0.15) is 0 Å². The molecule has 0 aromatic heterocycles. The maximum Gasteiger partial charge on any atom is 0.416 e. The van der Waals surface area contributed by atoms with Crippen molar-refractivity contribution in [2.75, 3.05) is 13.6 Å². The Hall–Kier alpha value is -2.25. The normalized spacial score (nSPS) is 12.6. The van der Waals surface area contributed by atoms with Crippen molar-refractivity contribution in [3.8, 4) is 0 Å². The first-order valence-electron chi connectivity index (χ1n) is 6.49. The highest BCUT2D eigenvalue weighted by Crippen LogP contribution is 2.31. The molecule has 0 aliphatic heterocycles. The van der Waals surface area contributed by atoms with Gasteiger partial charge in [-0.15, -0.1) is 0 Å². The summed E-state index contributed by atoms with van der Waals surface area (Å²) in [5, 5.41) is 11.1. The highest BCUT2D eigenvalue weighted by atomic mass is 19.4. The fourth-order valence-electron chi connectivity index (χ4n) is 1.83. The standard InChI is InChI=1S/C14H17F3N2O3/c1-9(12(20)21)8-19(2)13(22)18-7-10-5-3-4-6-11(10)14(15,16)17/h3-6,9H,7-8H2,1-2H3,(H,18,22)(H,20,21). The maximum atomic E-state index is 12.8. The summed E-state index contributed by atoms with van der Waals surface area (Å²) < 4.78 is 38.4. The summed E-state index contributed by atoms with van der Waals surface area (Å²) in [4.78, 5) is 23.6. The number of nitrogens with one attached hydrogen (secondary N) is 1. The molecule has 2 N–H and O–H groups in total. The predicted molar refractivity (Wildman–Crippen MR) is 73.1 cm³/mol. The van der Waals surface area contributed by atoms with Crippen LogP contribution in [0.5, 0.6) is 0 Å². The molecule has 1 rings (SSSR count). The largest absolute Gasteiger partial charge is 0.481 e. The van der Waals surface area contributed by atoms with Gasteiger partial charge in [-0.2, -0.15) is 13.2 Å². The Bertz CT molecular complexity index is 546. The van der Waals surface area contributed by atoms with Crippen LogP contribution in [0.4, 0.5) is 18.0 Å². The van der Waals surface area contributed by atoms with E-state index in [2.05, 4.69) is 5.32 Å². The lowest BCUT2D eigenvalue weighted by Gasteiger charge is -2.20. The molecule has 0 aliphatic carbocycles. The second-order valence-corrected chi connectivity index (χ2v) is 4.93. The summed E-state index contributed by atoms with van der Waals surface area (Å²) in [6.45, 7) is 1.10. The molecule has 0 radical (unpaired) electrons. The van der Waals surface area contributed by atoms with Gasteiger partial charge in [0.15, 0.2) is 0 Å². The number of aliphatic carboxylic acids is 1. The number of benzene rings is 1. The van der Waals surface area contributed by atoms with Crippen LogP contribution in [-0.4, -0.2) is 35.6 Å². The average Bonchev–Trinajstić information content (AvgIpc) is 2.43. The Kier molecular flexibility index (Phi) is 5.78. The first-order valence-corrected chi connectivity index (χ1v) is 6.49. The van der Waals surface area contributed by atoms with Crippen LogP contribution in [0.25, 0.3) is 0 Å². The molecule has 0 bridgehead atoms. The van der Waals surface area contributed by atoms with Gasteiger partial charge >= 0.3 is 18.2 Å². The molecular formula is C14H17F3N2O3. The van der Waals surface area contributed by atoms with E-state index >= 15 is 0 Å². The van der Waals surface area contributed by atoms with Crippen LogP contribution in [-0.2, 0) is 17.5 Å². The minimum absolute atomic E-state index is 0.0396. The highest BCUT2D eigenvalue weighted by Gasteiger charge is 2.32. The van der Waals surface area contributed by atoms with Gasteiger partial charge in [0.25, 0.3) is 0 Å². The van der Waals surface area contributed by atoms with Crippen molar-refractivity contribution in [2.45, 2.75) is 19.6 Å². The van der Waals surface area contributed by atoms with Crippen LogP contribution in [0.1, 0.15) is 18.1 Å². The number of carboxylic acids is 1. The summed E-state index contributed by atoms with van der Waals surface area (Å²) >= 11 is 0. The lowest BCUT2D eigenvalue weighted by Crippen LogP contribution is -2.40. The zero-order valence-corrected chi connectivity index (χ0v) is 12.1. The van der Waals surface area contributed by atoms with E-state index in [9.17, 15) is 22.8 Å². The summed E-state index contributed by atoms with van der Waals surface area (Å²) in [5.41, 5.74) is -0.861. The van der Waals surface area contributed by atoms with Crippen LogP contribution < -0.4 is 5.32 Å². The minimum atomic E-state index is -4.49. The molecule has 1 aromatic rings. The molecule has 0 fully saturated rings. The number of amides is 2. The van der Waals surface area contributed by atoms with Gasteiger partial charge in [-0.1, -0.05) is 25.1 Å². The maximum absolute atomic E-state index is 12.8. The first-order chi connectivity index (χ1) is 10.1. The van der Waals surface area contributed by atoms with E-state index in [4.69, 9.17) is 5.11 Å². The molecule has 1 atom stereocenters. The number of nitrogens with zero attached hydrogens (tertiary/aromatic N) is 1. The molecular weight excluding hydrogens is 301 g/mol. The van der Waals surface area contributed by atoms with Gasteiger partial charge in [-0.25, -0.2) is 4.79 Å². The molecule has 2 amide bonds. The number of hydrogen-bond donors (Lipinski definition) is 2. The number of carboxylic acid groups (broad SMARTS) is 1. The topological polar surface area (TPSA) is 69.6 Å². The molecule has 122 valence electrons. The third-order valence-electron chi connectivity index (χ3n) is 3.07. The average molecular weight is 318 g/mol. The molecule has 0 spiro atoms. The summed E-state index contributed by atoms with van der Waals surface area (Å²) in [7, 11) is 1.38. The number of carbonyl (C=O) groups excluding carboxylic acids is 1. The zero-order chi connectivity index (χ0) is 16.9. The SMILES string of the molecule is CC(CN(C)C(=O)NCc1ccccc1C(F)(F)F)C(=O)O. The van der Waals surface area contributed by atoms with Crippen molar-refractivity contribution in [3.63, 3.8) is 0 Å². The summed E-state index contributed by atoms with van der Waals surface area (Å²) in [5.74, 6) is -1.82. The van der Waals surface area contributed by atoms with Gasteiger partial charge < -0.3 is 15.3 Å². The molecule has 0 saturated carbocycles. The van der Waals surface area contributed by atoms with Crippen LogP contribution in [0.2, 0.25) is 0 Å². The van der Waals surface area contributed by atoms with E-state index < -0.39 is 29.7 Å². The highest BCUT2D eigenvalue weighted by molar-refractivity contribution is 5.75. The summed E-state index contributed by atoms with van der Waals surface area (Å²) in [6.07, 6.45) is -4.49. The van der Waals surface area contributed by atoms with Crippen molar-refractivity contribution in [1.82, 2.24) is 10.2 Å². The van der Waals surface area contributed by atoms with Crippen LogP contribution >= 0.6 is 0 Å². The third-order valence-corrected chi connectivity index (χ3v) is 3.07. The smallest absolute Gasteiger partial charge is 0.416 e. The van der Waals surface area contributed by atoms with Crippen molar-refractivity contribution < 1.29 is 27.9 Å². The Balaban J connectivity index is 2.67. The van der Waals surface area contributed by atoms with E-state index in [0.29, 0.717) is 0 Å². The fourth-order valence-corrected chi connectivity index (χ4v) is 1.83. The van der Waals surface area contributed by atoms with Gasteiger partial charge in [-0.05, 0) is 11.6 Å². The predicted octanol–water partition coefficient (Wildman–Crippen LogP) is 2.57. The second kappa shape index (κ2) is 7.15. The number of hydrogen-bond acceptors (Lipinski definition) is 2. The quantitative estimate of drug-likeness (QED) is 0.876. The van der Waals surface area contributed by atoms with E-state index in [-0.39, 0.29) is 18.7 Å². The Morgan fingerprint density at radius 3 is 2.45 bits per heavy atom. The van der Waals surface area contributed by atoms with E-state index in [1.54, 1.807) is 0 Å². The number of urea groups is 1. The fraction of sp³-hybridized carbons (Fsp3) is 0.429. The van der Waals surface area contributed by atoms with Crippen LogP contribution in [0, 0.1) is 5.92 Å². The van der Waals surface area contributed by atoms with Gasteiger partial charge in [-0.3, -0.25) is 4.79 Å².